The van der Waals surface area contributed by atoms with Crippen LogP contribution in [0.3, 0.4) is 0 Å². The van der Waals surface area contributed by atoms with Crippen molar-refractivity contribution < 1.29 is 40.5 Å². The zero-order valence-electron chi connectivity index (χ0n) is 16.9. The fraction of sp³-hybridized carbons (Fsp3) is 0.571. The second-order valence-corrected chi connectivity index (χ2v) is 12.1. The van der Waals surface area contributed by atoms with Crippen LogP contribution in [0.1, 0.15) is 37.4 Å². The topological polar surface area (TPSA) is 78.2 Å². The molecule has 4 atom stereocenters. The molecular formula is C21H28CrO5Si. The van der Waals surface area contributed by atoms with E-state index in [4.69, 9.17) is 23.1 Å². The summed E-state index contributed by atoms with van der Waals surface area (Å²) in [5.41, 5.74) is 1.51. The predicted molar refractivity (Wildman–Crippen MR) is 101 cm³/mol. The van der Waals surface area contributed by atoms with Crippen molar-refractivity contribution in [1.82, 2.24) is 0 Å². The van der Waals surface area contributed by atoms with Crippen molar-refractivity contribution in [2.24, 2.45) is 11.8 Å². The summed E-state index contributed by atoms with van der Waals surface area (Å²) in [6.07, 6.45) is 5.27. The van der Waals surface area contributed by atoms with Crippen molar-refractivity contribution in [2.75, 3.05) is 7.11 Å². The van der Waals surface area contributed by atoms with Crippen LogP contribution in [0.4, 0.5) is 0 Å². The molecule has 0 radical (unpaired) electrons. The molecule has 5 nitrogen and oxygen atoms in total. The molecule has 152 valence electrons. The summed E-state index contributed by atoms with van der Waals surface area (Å²) >= 11 is 0. The molecule has 2 saturated carbocycles. The average molecular weight is 441 g/mol. The molecule has 3 unspecified atom stereocenters. The Kier molecular flexibility index (Phi) is 14.8. The normalized spacial score (nSPS) is 25.2. The zero-order valence-corrected chi connectivity index (χ0v) is 19.2. The van der Waals surface area contributed by atoms with E-state index in [9.17, 15) is 0 Å². The SMILES string of the molecule is CO[C@@H](c1ccccc1)C1CCCC2(O[Si](C)(C)C)CC12.[C-]#[O+].[C-]#[O+].[C-]#[O+].[Cr]. The number of ether oxygens (including phenoxy) is 1. The van der Waals surface area contributed by atoms with E-state index in [0.29, 0.717) is 11.8 Å². The van der Waals surface area contributed by atoms with Gasteiger partial charge in [-0.25, -0.2) is 0 Å². The van der Waals surface area contributed by atoms with E-state index < -0.39 is 8.32 Å². The standard InChI is InChI=1S/C18H28O2Si.3CO.Cr/c1-19-17(14-9-6-5-7-10-14)15-11-8-12-18(13-16(15)18)20-21(2,3)4;3*1-2;/h5-7,9-10,15-17H,8,11-13H2,1-4H3;;;;/t15?,16?,17-,18?;;;;/m0..../s1. The van der Waals surface area contributed by atoms with Gasteiger partial charge in [0.1, 0.15) is 0 Å². The Morgan fingerprint density at radius 1 is 1.04 bits per heavy atom. The fourth-order valence-corrected chi connectivity index (χ4v) is 5.88. The van der Waals surface area contributed by atoms with Crippen LogP contribution in [-0.2, 0) is 40.5 Å². The smallest absolute Gasteiger partial charge is 0 e. The molecule has 1 aromatic rings. The van der Waals surface area contributed by atoms with E-state index in [2.05, 4.69) is 69.9 Å². The maximum atomic E-state index is 7.50. The molecular weight excluding hydrogens is 412 g/mol. The Morgan fingerprint density at radius 3 is 2.04 bits per heavy atom. The van der Waals surface area contributed by atoms with Gasteiger partial charge >= 0.3 is 33.9 Å². The van der Waals surface area contributed by atoms with Crippen molar-refractivity contribution in [1.29, 1.82) is 0 Å². The van der Waals surface area contributed by atoms with E-state index in [1.807, 2.05) is 7.11 Å². The summed E-state index contributed by atoms with van der Waals surface area (Å²) in [6.45, 7) is 20.4. The third kappa shape index (κ3) is 7.85. The summed E-state index contributed by atoms with van der Waals surface area (Å²) in [4.78, 5) is 0. The van der Waals surface area contributed by atoms with Gasteiger partial charge in [-0.1, -0.05) is 36.8 Å². The van der Waals surface area contributed by atoms with Gasteiger partial charge in [-0.3, -0.25) is 0 Å². The molecule has 3 rings (SSSR count). The van der Waals surface area contributed by atoms with Gasteiger partial charge in [-0.2, -0.15) is 0 Å². The minimum absolute atomic E-state index is 0. The molecule has 0 spiro atoms. The minimum Gasteiger partial charge on any atom is 0 e. The van der Waals surface area contributed by atoms with Gasteiger partial charge in [0, 0.05) is 24.5 Å². The zero-order chi connectivity index (χ0) is 21.1. The molecule has 0 amide bonds. The van der Waals surface area contributed by atoms with E-state index in [0.717, 1.165) is 0 Å². The van der Waals surface area contributed by atoms with E-state index in [1.54, 1.807) is 0 Å². The summed E-state index contributed by atoms with van der Waals surface area (Å²) in [5, 5.41) is 0. The summed E-state index contributed by atoms with van der Waals surface area (Å²) in [7, 11) is 0.387. The number of hydrogen-bond acceptors (Lipinski definition) is 2. The van der Waals surface area contributed by atoms with Crippen LogP contribution in [0.25, 0.3) is 0 Å². The Labute approximate surface area is 180 Å². The number of methoxy groups -OCH3 is 1. The Balaban J connectivity index is 0. The summed E-state index contributed by atoms with van der Waals surface area (Å²) < 4.78 is 35.0. The maximum Gasteiger partial charge on any atom is 0 e. The molecule has 28 heavy (non-hydrogen) atoms. The van der Waals surface area contributed by atoms with Gasteiger partial charge in [-0.05, 0) is 56.3 Å². The van der Waals surface area contributed by atoms with Gasteiger partial charge in [0.05, 0.1) is 11.7 Å². The molecule has 0 saturated heterocycles. The van der Waals surface area contributed by atoms with Gasteiger partial charge in [-0.15, -0.1) is 0 Å². The van der Waals surface area contributed by atoms with Gasteiger partial charge in [0.25, 0.3) is 0 Å². The number of benzene rings is 1. The van der Waals surface area contributed by atoms with E-state index >= 15 is 0 Å². The first-order valence-corrected chi connectivity index (χ1v) is 12.3. The first-order valence-electron chi connectivity index (χ1n) is 8.84. The van der Waals surface area contributed by atoms with E-state index in [-0.39, 0.29) is 29.1 Å². The quantitative estimate of drug-likeness (QED) is 0.379. The Hall–Kier alpha value is -0.891. The summed E-state index contributed by atoms with van der Waals surface area (Å²) in [6, 6.07) is 10.7. The predicted octanol–water partition coefficient (Wildman–Crippen LogP) is 4.67. The monoisotopic (exact) mass is 440 g/mol. The molecule has 2 fully saturated rings. The van der Waals surface area contributed by atoms with Crippen molar-refractivity contribution in [3.63, 3.8) is 0 Å². The van der Waals surface area contributed by atoms with Gasteiger partial charge in [0.15, 0.2) is 8.32 Å². The van der Waals surface area contributed by atoms with Crippen molar-refractivity contribution >= 4 is 8.32 Å². The molecule has 0 heterocycles. The van der Waals surface area contributed by atoms with Crippen molar-refractivity contribution in [3.8, 4) is 0 Å². The largest absolute Gasteiger partial charge is 0 e. The first-order chi connectivity index (χ1) is 13.0. The summed E-state index contributed by atoms with van der Waals surface area (Å²) in [5.74, 6) is 1.31. The van der Waals surface area contributed by atoms with Crippen LogP contribution in [0.15, 0.2) is 30.3 Å². The second-order valence-electron chi connectivity index (χ2n) is 7.71. The van der Waals surface area contributed by atoms with Crippen LogP contribution in [0, 0.1) is 31.8 Å². The first kappa shape index (κ1) is 29.3. The molecule has 0 aliphatic heterocycles. The molecule has 2 aliphatic carbocycles. The third-order valence-electron chi connectivity index (χ3n) is 5.02. The van der Waals surface area contributed by atoms with E-state index in [1.165, 1.54) is 31.2 Å². The van der Waals surface area contributed by atoms with Gasteiger partial charge < -0.3 is 9.16 Å². The molecule has 0 N–H and O–H groups in total. The minimum atomic E-state index is -1.47. The molecule has 1 aromatic carbocycles. The average Bonchev–Trinajstić information content (AvgIpc) is 3.41. The number of fused-ring (bicyclic) bond motifs is 1. The number of rotatable bonds is 5. The molecule has 7 heteroatoms. The van der Waals surface area contributed by atoms with Crippen LogP contribution in [-0.4, -0.2) is 21.0 Å². The second kappa shape index (κ2) is 14.1. The molecule has 2 aliphatic rings. The molecule has 0 aromatic heterocycles. The van der Waals surface area contributed by atoms with Crippen molar-refractivity contribution in [3.05, 3.63) is 55.8 Å². The fourth-order valence-electron chi connectivity index (χ4n) is 4.32. The Morgan fingerprint density at radius 2 is 1.57 bits per heavy atom. The molecule has 0 bridgehead atoms. The maximum absolute atomic E-state index is 7.50. The van der Waals surface area contributed by atoms with Crippen molar-refractivity contribution in [2.45, 2.75) is 57.0 Å². The van der Waals surface area contributed by atoms with Gasteiger partial charge in [0.2, 0.25) is 0 Å². The van der Waals surface area contributed by atoms with Crippen LogP contribution in [0.5, 0.6) is 0 Å². The van der Waals surface area contributed by atoms with Crippen LogP contribution < -0.4 is 0 Å². The number of hydrogen-bond donors (Lipinski definition) is 0. The van der Waals surface area contributed by atoms with Crippen LogP contribution >= 0.6 is 0 Å². The third-order valence-corrected chi connectivity index (χ3v) is 6.03. The Bertz CT molecular complexity index is 596. The van der Waals surface area contributed by atoms with Crippen LogP contribution in [0.2, 0.25) is 19.6 Å².